The molecular formula is C27H31Cl2N3O5S. The van der Waals surface area contributed by atoms with E-state index in [9.17, 15) is 9.59 Å². The smallest absolute Gasteiger partial charge is 0.322 e. The Hall–Kier alpha value is -2.98. The highest BCUT2D eigenvalue weighted by Crippen LogP contribution is 2.30. The minimum atomic E-state index is -0.499. The first-order valence-corrected chi connectivity index (χ1v) is 13.5. The molecule has 11 heteroatoms. The van der Waals surface area contributed by atoms with Crippen molar-refractivity contribution < 1.29 is 23.8 Å². The molecule has 0 saturated heterocycles. The molecule has 1 heterocycles. The topological polar surface area (TPSA) is 80.3 Å². The summed E-state index contributed by atoms with van der Waals surface area (Å²) >= 11 is 14.0. The number of ether oxygens (including phenoxy) is 3. The van der Waals surface area contributed by atoms with E-state index in [0.29, 0.717) is 46.7 Å². The van der Waals surface area contributed by atoms with Crippen LogP contribution in [0.5, 0.6) is 11.5 Å². The van der Waals surface area contributed by atoms with Crippen molar-refractivity contribution in [1.82, 2.24) is 9.80 Å². The van der Waals surface area contributed by atoms with Gasteiger partial charge < -0.3 is 29.3 Å². The molecule has 3 aromatic rings. The molecule has 1 aromatic heterocycles. The van der Waals surface area contributed by atoms with Crippen molar-refractivity contribution in [3.8, 4) is 11.5 Å². The van der Waals surface area contributed by atoms with Crippen LogP contribution in [0.2, 0.25) is 10.0 Å². The maximum absolute atomic E-state index is 13.5. The second kappa shape index (κ2) is 14.8. The Balaban J connectivity index is 1.76. The van der Waals surface area contributed by atoms with Crippen LogP contribution in [0.15, 0.2) is 53.9 Å². The minimum absolute atomic E-state index is 0.144. The van der Waals surface area contributed by atoms with Gasteiger partial charge in [0.1, 0.15) is 6.54 Å². The van der Waals surface area contributed by atoms with Gasteiger partial charge in [0, 0.05) is 25.1 Å². The van der Waals surface area contributed by atoms with E-state index in [1.165, 1.54) is 12.0 Å². The van der Waals surface area contributed by atoms with Gasteiger partial charge in [0.2, 0.25) is 5.91 Å². The van der Waals surface area contributed by atoms with E-state index in [1.807, 2.05) is 35.7 Å². The van der Waals surface area contributed by atoms with Crippen LogP contribution in [-0.2, 0) is 22.5 Å². The van der Waals surface area contributed by atoms with Crippen molar-refractivity contribution in [2.75, 3.05) is 52.9 Å². The average molecular weight is 581 g/mol. The van der Waals surface area contributed by atoms with Crippen molar-refractivity contribution in [3.05, 3.63) is 74.4 Å². The molecule has 3 rings (SSSR count). The molecule has 0 atom stereocenters. The third kappa shape index (κ3) is 8.26. The van der Waals surface area contributed by atoms with E-state index in [2.05, 4.69) is 5.32 Å². The molecule has 0 aliphatic heterocycles. The third-order valence-electron chi connectivity index (χ3n) is 5.77. The van der Waals surface area contributed by atoms with Crippen molar-refractivity contribution in [2.45, 2.75) is 13.0 Å². The van der Waals surface area contributed by atoms with Crippen molar-refractivity contribution in [2.24, 2.45) is 0 Å². The number of para-hydroxylation sites is 1. The Morgan fingerprint density at radius 2 is 1.66 bits per heavy atom. The van der Waals surface area contributed by atoms with Gasteiger partial charge in [-0.1, -0.05) is 41.4 Å². The summed E-state index contributed by atoms with van der Waals surface area (Å²) in [5.41, 5.74) is 1.29. The number of amides is 3. The number of nitrogens with zero attached hydrogens (tertiary/aromatic N) is 2. The standard InChI is InChI=1S/C27H31Cl2N3O5S/c1-35-14-13-32(27(34)30-26-21(28)7-4-8-22(26)29)18-25(33)31(17-20-6-5-15-38-20)12-11-19-9-10-23(36-2)24(16-19)37-3/h4-10,15-16H,11-14,17-18H2,1-3H3,(H,30,34). The molecule has 0 bridgehead atoms. The Morgan fingerprint density at radius 3 is 2.29 bits per heavy atom. The van der Waals surface area contributed by atoms with E-state index >= 15 is 0 Å². The van der Waals surface area contributed by atoms with Gasteiger partial charge in [-0.2, -0.15) is 0 Å². The number of urea groups is 1. The lowest BCUT2D eigenvalue weighted by Crippen LogP contribution is -2.46. The van der Waals surface area contributed by atoms with E-state index < -0.39 is 6.03 Å². The van der Waals surface area contributed by atoms with Crippen LogP contribution in [-0.4, -0.2) is 69.3 Å². The summed E-state index contributed by atoms with van der Waals surface area (Å²) in [7, 11) is 4.71. The first-order valence-electron chi connectivity index (χ1n) is 11.9. The number of hydrogen-bond acceptors (Lipinski definition) is 6. The monoisotopic (exact) mass is 579 g/mol. The Bertz CT molecular complexity index is 1190. The van der Waals surface area contributed by atoms with Gasteiger partial charge in [-0.25, -0.2) is 4.79 Å². The molecule has 38 heavy (non-hydrogen) atoms. The molecule has 0 unspecified atom stereocenters. The molecule has 8 nitrogen and oxygen atoms in total. The molecule has 0 fully saturated rings. The van der Waals surface area contributed by atoms with Crippen LogP contribution >= 0.6 is 34.5 Å². The predicted octanol–water partition coefficient (Wildman–Crippen LogP) is 5.82. The lowest BCUT2D eigenvalue weighted by Gasteiger charge is -2.28. The first kappa shape index (κ1) is 29.6. The predicted molar refractivity (Wildman–Crippen MR) is 152 cm³/mol. The highest BCUT2D eigenvalue weighted by atomic mass is 35.5. The van der Waals surface area contributed by atoms with Crippen molar-refractivity contribution in [3.63, 3.8) is 0 Å². The molecule has 0 aliphatic carbocycles. The summed E-state index contributed by atoms with van der Waals surface area (Å²) in [6.45, 7) is 1.20. The SMILES string of the molecule is COCCN(CC(=O)N(CCc1ccc(OC)c(OC)c1)Cc1cccs1)C(=O)Nc1c(Cl)cccc1Cl. The summed E-state index contributed by atoms with van der Waals surface area (Å²) in [5.74, 6) is 1.07. The summed E-state index contributed by atoms with van der Waals surface area (Å²) in [5, 5.41) is 5.31. The molecule has 204 valence electrons. The minimum Gasteiger partial charge on any atom is -0.493 e. The summed E-state index contributed by atoms with van der Waals surface area (Å²) < 4.78 is 15.9. The fourth-order valence-corrected chi connectivity index (χ4v) is 4.91. The zero-order valence-corrected chi connectivity index (χ0v) is 23.9. The molecule has 2 aromatic carbocycles. The van der Waals surface area contributed by atoms with Gasteiger partial charge in [0.25, 0.3) is 0 Å². The maximum Gasteiger partial charge on any atom is 0.322 e. The van der Waals surface area contributed by atoms with Crippen LogP contribution in [0.25, 0.3) is 0 Å². The van der Waals surface area contributed by atoms with E-state index in [0.717, 1.165) is 10.4 Å². The molecule has 0 radical (unpaired) electrons. The van der Waals surface area contributed by atoms with Gasteiger partial charge in [-0.05, 0) is 47.7 Å². The Kier molecular flexibility index (Phi) is 11.5. The van der Waals surface area contributed by atoms with E-state index in [1.54, 1.807) is 48.7 Å². The first-order chi connectivity index (χ1) is 18.4. The van der Waals surface area contributed by atoms with Crippen LogP contribution in [0.3, 0.4) is 0 Å². The van der Waals surface area contributed by atoms with Crippen molar-refractivity contribution >= 4 is 52.2 Å². The number of carbonyl (C=O) groups is 2. The van der Waals surface area contributed by atoms with Gasteiger partial charge in [-0.3, -0.25) is 4.79 Å². The highest BCUT2D eigenvalue weighted by molar-refractivity contribution is 7.09. The zero-order chi connectivity index (χ0) is 27.5. The van der Waals surface area contributed by atoms with Gasteiger partial charge in [0.15, 0.2) is 11.5 Å². The Labute approximate surface area is 237 Å². The largest absolute Gasteiger partial charge is 0.493 e. The number of anilines is 1. The third-order valence-corrected chi connectivity index (χ3v) is 7.26. The summed E-state index contributed by atoms with van der Waals surface area (Å²) in [4.78, 5) is 30.9. The molecule has 0 aliphatic rings. The highest BCUT2D eigenvalue weighted by Gasteiger charge is 2.23. The lowest BCUT2D eigenvalue weighted by atomic mass is 10.1. The van der Waals surface area contributed by atoms with E-state index in [-0.39, 0.29) is 25.6 Å². The Morgan fingerprint density at radius 1 is 0.921 bits per heavy atom. The molecule has 0 saturated carbocycles. The number of carbonyl (C=O) groups excluding carboxylic acids is 2. The zero-order valence-electron chi connectivity index (χ0n) is 21.5. The van der Waals surface area contributed by atoms with Crippen LogP contribution in [0.1, 0.15) is 10.4 Å². The van der Waals surface area contributed by atoms with Gasteiger partial charge in [-0.15, -0.1) is 11.3 Å². The van der Waals surface area contributed by atoms with Crippen LogP contribution in [0.4, 0.5) is 10.5 Å². The maximum atomic E-state index is 13.5. The number of benzene rings is 2. The number of thiophene rings is 1. The number of methoxy groups -OCH3 is 3. The fourth-order valence-electron chi connectivity index (χ4n) is 3.70. The van der Waals surface area contributed by atoms with Crippen molar-refractivity contribution in [1.29, 1.82) is 0 Å². The van der Waals surface area contributed by atoms with Crippen LogP contribution in [0, 0.1) is 0 Å². The molecule has 0 spiro atoms. The summed E-state index contributed by atoms with van der Waals surface area (Å²) in [6, 6.07) is 14.1. The second-order valence-electron chi connectivity index (χ2n) is 8.28. The molecular weight excluding hydrogens is 549 g/mol. The van der Waals surface area contributed by atoms with E-state index in [4.69, 9.17) is 37.4 Å². The van der Waals surface area contributed by atoms with Crippen LogP contribution < -0.4 is 14.8 Å². The number of rotatable bonds is 13. The molecule has 1 N–H and O–H groups in total. The molecule has 3 amide bonds. The van der Waals surface area contributed by atoms with Gasteiger partial charge in [0.05, 0.1) is 43.1 Å². The second-order valence-corrected chi connectivity index (χ2v) is 10.1. The lowest BCUT2D eigenvalue weighted by molar-refractivity contribution is -0.132. The normalized spacial score (nSPS) is 10.7. The number of nitrogens with one attached hydrogen (secondary N) is 1. The summed E-state index contributed by atoms with van der Waals surface area (Å²) in [6.07, 6.45) is 0.594. The number of halogens is 2. The number of hydrogen-bond donors (Lipinski definition) is 1. The average Bonchev–Trinajstić information content (AvgIpc) is 3.43. The fraction of sp³-hybridized carbons (Fsp3) is 0.333. The quantitative estimate of drug-likeness (QED) is 0.276. The van der Waals surface area contributed by atoms with Gasteiger partial charge >= 0.3 is 6.03 Å².